The van der Waals surface area contributed by atoms with Crippen LogP contribution in [0.25, 0.3) is 16.9 Å². The number of anilines is 1. The minimum Gasteiger partial charge on any atom is -0.478 e. The van der Waals surface area contributed by atoms with Crippen LogP contribution < -0.4 is 5.32 Å². The maximum absolute atomic E-state index is 14.3. The Morgan fingerprint density at radius 3 is 2.32 bits per heavy atom. The molecule has 5 nitrogen and oxygen atoms in total. The van der Waals surface area contributed by atoms with Crippen molar-refractivity contribution in [3.63, 3.8) is 0 Å². The number of halogens is 5. The number of carboxylic acid groups (broad SMARTS) is 1. The average Bonchev–Trinajstić information content (AvgIpc) is 3.24. The maximum atomic E-state index is 14.3. The van der Waals surface area contributed by atoms with Gasteiger partial charge in [-0.1, -0.05) is 29.8 Å². The van der Waals surface area contributed by atoms with E-state index in [1.165, 1.54) is 41.1 Å². The van der Waals surface area contributed by atoms with Crippen molar-refractivity contribution in [1.82, 2.24) is 9.78 Å². The van der Waals surface area contributed by atoms with E-state index in [9.17, 15) is 22.4 Å². The number of alkyl halides is 3. The fourth-order valence-electron chi connectivity index (χ4n) is 3.32. The molecule has 0 amide bonds. The number of aromatic nitrogens is 2. The van der Waals surface area contributed by atoms with Crippen molar-refractivity contribution in [2.75, 3.05) is 5.32 Å². The van der Waals surface area contributed by atoms with Gasteiger partial charge in [0.05, 0.1) is 33.2 Å². The molecule has 4 rings (SSSR count). The highest BCUT2D eigenvalue weighted by Crippen LogP contribution is 2.31. The van der Waals surface area contributed by atoms with Gasteiger partial charge in [0.15, 0.2) is 5.82 Å². The number of carboxylic acids is 1. The van der Waals surface area contributed by atoms with Gasteiger partial charge in [-0.05, 0) is 48.5 Å². The number of carbonyl (C=O) groups is 1. The molecule has 0 spiro atoms. The molecule has 0 atom stereocenters. The Labute approximate surface area is 196 Å². The zero-order chi connectivity index (χ0) is 24.5. The van der Waals surface area contributed by atoms with Crippen molar-refractivity contribution in [3.8, 4) is 16.9 Å². The second-order valence-corrected chi connectivity index (χ2v) is 7.74. The molecule has 0 aliphatic heterocycles. The first-order valence-corrected chi connectivity index (χ1v) is 10.3. The van der Waals surface area contributed by atoms with E-state index >= 15 is 0 Å². The highest BCUT2D eigenvalue weighted by molar-refractivity contribution is 6.31. The average molecular weight is 490 g/mol. The second kappa shape index (κ2) is 9.18. The van der Waals surface area contributed by atoms with Crippen molar-refractivity contribution in [2.45, 2.75) is 12.7 Å². The third kappa shape index (κ3) is 4.89. The molecule has 0 saturated heterocycles. The molecule has 10 heteroatoms. The van der Waals surface area contributed by atoms with Gasteiger partial charge in [0.2, 0.25) is 0 Å². The molecule has 34 heavy (non-hydrogen) atoms. The molecule has 4 aromatic rings. The van der Waals surface area contributed by atoms with Crippen molar-refractivity contribution < 1.29 is 27.5 Å². The van der Waals surface area contributed by atoms with E-state index in [2.05, 4.69) is 10.4 Å². The Balaban J connectivity index is 1.71. The molecule has 0 fully saturated rings. The van der Waals surface area contributed by atoms with E-state index in [0.717, 1.165) is 12.1 Å². The van der Waals surface area contributed by atoms with Crippen LogP contribution in [0, 0.1) is 5.82 Å². The molecular formula is C24H16ClF4N3O2. The van der Waals surface area contributed by atoms with Gasteiger partial charge in [-0.3, -0.25) is 0 Å². The summed E-state index contributed by atoms with van der Waals surface area (Å²) in [7, 11) is 0. The molecule has 3 aromatic carbocycles. The Hall–Kier alpha value is -3.85. The highest BCUT2D eigenvalue weighted by atomic mass is 35.5. The van der Waals surface area contributed by atoms with Crippen molar-refractivity contribution in [1.29, 1.82) is 0 Å². The third-order valence-corrected chi connectivity index (χ3v) is 5.37. The summed E-state index contributed by atoms with van der Waals surface area (Å²) in [6.45, 7) is 0.119. The Kier molecular flexibility index (Phi) is 6.30. The molecule has 1 heterocycles. The van der Waals surface area contributed by atoms with Crippen LogP contribution in [0.5, 0.6) is 0 Å². The monoisotopic (exact) mass is 489 g/mol. The van der Waals surface area contributed by atoms with E-state index in [1.54, 1.807) is 24.4 Å². The molecule has 0 aliphatic rings. The third-order valence-electron chi connectivity index (χ3n) is 5.08. The summed E-state index contributed by atoms with van der Waals surface area (Å²) in [6, 6.07) is 15.0. The summed E-state index contributed by atoms with van der Waals surface area (Å²) in [5.41, 5.74) is 1.49. The van der Waals surface area contributed by atoms with Gasteiger partial charge < -0.3 is 10.4 Å². The predicted molar refractivity (Wildman–Crippen MR) is 120 cm³/mol. The lowest BCUT2D eigenvalue weighted by atomic mass is 10.1. The number of hydrogen-bond donors (Lipinski definition) is 2. The van der Waals surface area contributed by atoms with Crippen LogP contribution in [0.2, 0.25) is 5.02 Å². The number of nitrogens with one attached hydrogen (secondary N) is 1. The number of rotatable bonds is 6. The van der Waals surface area contributed by atoms with E-state index in [-0.39, 0.29) is 22.8 Å². The topological polar surface area (TPSA) is 67.1 Å². The first-order chi connectivity index (χ1) is 16.1. The zero-order valence-electron chi connectivity index (χ0n) is 17.3. The molecule has 2 N–H and O–H groups in total. The highest BCUT2D eigenvalue weighted by Gasteiger charge is 2.30. The van der Waals surface area contributed by atoms with Crippen LogP contribution in [0.15, 0.2) is 72.9 Å². The minimum absolute atomic E-state index is 0.0464. The molecule has 174 valence electrons. The Morgan fingerprint density at radius 1 is 1.03 bits per heavy atom. The summed E-state index contributed by atoms with van der Waals surface area (Å²) in [5, 5.41) is 16.5. The zero-order valence-corrected chi connectivity index (χ0v) is 18.0. The predicted octanol–water partition coefficient (Wildman–Crippen LogP) is 6.66. The fourth-order valence-corrected chi connectivity index (χ4v) is 3.49. The Morgan fingerprint density at radius 2 is 1.71 bits per heavy atom. The number of benzene rings is 3. The molecule has 1 aromatic heterocycles. The standard InChI is InChI=1S/C24H16ClF4N3O2/c25-19-2-1-3-20(21(19)26)30-12-16-13-32(18-10-8-17(9-11-18)24(27,28)29)31-22(16)14-4-6-15(7-5-14)23(33)34/h1-11,13,30H,12H2,(H,33,34). The van der Waals surface area contributed by atoms with Crippen LogP contribution in [-0.2, 0) is 12.7 Å². The lowest BCUT2D eigenvalue weighted by molar-refractivity contribution is -0.137. The van der Waals surface area contributed by atoms with Gasteiger partial charge in [0.25, 0.3) is 0 Å². The van der Waals surface area contributed by atoms with Crippen molar-refractivity contribution in [3.05, 3.63) is 100 Å². The minimum atomic E-state index is -4.46. The van der Waals surface area contributed by atoms with E-state index < -0.39 is 23.5 Å². The number of aromatic carboxylic acids is 1. The van der Waals surface area contributed by atoms with Crippen molar-refractivity contribution in [2.24, 2.45) is 0 Å². The SMILES string of the molecule is O=C(O)c1ccc(-c2nn(-c3ccc(C(F)(F)F)cc3)cc2CNc2cccc(Cl)c2F)cc1. The van der Waals surface area contributed by atoms with Gasteiger partial charge in [-0.15, -0.1) is 0 Å². The quantitative estimate of drug-likeness (QED) is 0.297. The smallest absolute Gasteiger partial charge is 0.416 e. The summed E-state index contributed by atoms with van der Waals surface area (Å²) < 4.78 is 54.4. The largest absolute Gasteiger partial charge is 0.478 e. The van der Waals surface area contributed by atoms with E-state index in [1.807, 2.05) is 0 Å². The number of hydrogen-bond acceptors (Lipinski definition) is 3. The van der Waals surface area contributed by atoms with E-state index in [0.29, 0.717) is 22.5 Å². The van der Waals surface area contributed by atoms with Crippen LogP contribution in [-0.4, -0.2) is 20.9 Å². The van der Waals surface area contributed by atoms with Crippen LogP contribution in [0.1, 0.15) is 21.5 Å². The van der Waals surface area contributed by atoms with Gasteiger partial charge in [-0.25, -0.2) is 13.9 Å². The first-order valence-electron chi connectivity index (χ1n) is 9.91. The van der Waals surface area contributed by atoms with E-state index in [4.69, 9.17) is 16.7 Å². The molecule has 0 unspecified atom stereocenters. The maximum Gasteiger partial charge on any atom is 0.416 e. The van der Waals surface area contributed by atoms with Gasteiger partial charge >= 0.3 is 12.1 Å². The van der Waals surface area contributed by atoms with Crippen LogP contribution >= 0.6 is 11.6 Å². The lowest BCUT2D eigenvalue weighted by Gasteiger charge is -2.08. The van der Waals surface area contributed by atoms with Gasteiger partial charge in [-0.2, -0.15) is 18.3 Å². The molecule has 0 aliphatic carbocycles. The molecular weight excluding hydrogens is 474 g/mol. The summed E-state index contributed by atoms with van der Waals surface area (Å²) in [6.07, 6.45) is -2.85. The van der Waals surface area contributed by atoms with Crippen LogP contribution in [0.4, 0.5) is 23.2 Å². The van der Waals surface area contributed by atoms with Crippen LogP contribution in [0.3, 0.4) is 0 Å². The fraction of sp³-hybridized carbons (Fsp3) is 0.0833. The number of nitrogens with zero attached hydrogens (tertiary/aromatic N) is 2. The Bertz CT molecular complexity index is 1330. The first kappa shape index (κ1) is 23.3. The normalized spacial score (nSPS) is 11.4. The summed E-state index contributed by atoms with van der Waals surface area (Å²) in [5.74, 6) is -1.70. The lowest BCUT2D eigenvalue weighted by Crippen LogP contribution is -2.05. The second-order valence-electron chi connectivity index (χ2n) is 7.33. The summed E-state index contributed by atoms with van der Waals surface area (Å²) in [4.78, 5) is 11.2. The van der Waals surface area contributed by atoms with Crippen molar-refractivity contribution >= 4 is 23.3 Å². The summed E-state index contributed by atoms with van der Waals surface area (Å²) >= 11 is 5.83. The molecule has 0 bridgehead atoms. The van der Waals surface area contributed by atoms with Gasteiger partial charge in [0, 0.05) is 23.9 Å². The molecule has 0 radical (unpaired) electrons. The molecule has 0 saturated carbocycles. The van der Waals surface area contributed by atoms with Gasteiger partial charge in [0.1, 0.15) is 0 Å².